The van der Waals surface area contributed by atoms with Crippen molar-refractivity contribution in [3.63, 3.8) is 0 Å². The molecule has 2 aromatic rings. The van der Waals surface area contributed by atoms with Crippen LogP contribution < -0.4 is 5.32 Å². The van der Waals surface area contributed by atoms with E-state index in [0.29, 0.717) is 11.8 Å². The Morgan fingerprint density at radius 2 is 1.84 bits per heavy atom. The lowest BCUT2D eigenvalue weighted by atomic mass is 9.85. The Balaban J connectivity index is 1.33. The van der Waals surface area contributed by atoms with Gasteiger partial charge in [0.25, 0.3) is 0 Å². The Bertz CT molecular complexity index is 1000. The molecule has 0 saturated carbocycles. The number of amides is 1. The molecule has 4 nitrogen and oxygen atoms in total. The van der Waals surface area contributed by atoms with E-state index in [1.165, 1.54) is 27.8 Å². The maximum atomic E-state index is 12.9. The Hall–Kier alpha value is -2.33. The van der Waals surface area contributed by atoms with Gasteiger partial charge in [-0.25, -0.2) is 4.79 Å². The molecule has 2 bridgehead atoms. The lowest BCUT2D eigenvalue weighted by molar-refractivity contribution is -0.0348. The zero-order chi connectivity index (χ0) is 22.5. The van der Waals surface area contributed by atoms with Gasteiger partial charge in [0.05, 0.1) is 6.04 Å². The number of carbonyl (C=O) groups excluding carboxylic acids is 1. The molecular formula is C28H36N2O2. The fourth-order valence-electron chi connectivity index (χ4n) is 5.92. The second kappa shape index (κ2) is 8.22. The van der Waals surface area contributed by atoms with Crippen LogP contribution in [0.5, 0.6) is 0 Å². The van der Waals surface area contributed by atoms with Crippen molar-refractivity contribution in [2.75, 3.05) is 19.6 Å². The van der Waals surface area contributed by atoms with Crippen LogP contribution in [-0.4, -0.2) is 36.7 Å². The van der Waals surface area contributed by atoms with E-state index in [4.69, 9.17) is 4.74 Å². The monoisotopic (exact) mass is 432 g/mol. The second-order valence-corrected chi connectivity index (χ2v) is 11.0. The van der Waals surface area contributed by atoms with Crippen LogP contribution in [-0.2, 0) is 11.2 Å². The van der Waals surface area contributed by atoms with Gasteiger partial charge in [0, 0.05) is 6.54 Å². The number of piperidine rings is 3. The van der Waals surface area contributed by atoms with Gasteiger partial charge in [-0.15, -0.1) is 0 Å². The summed E-state index contributed by atoms with van der Waals surface area (Å²) in [6.45, 7) is 12.1. The molecule has 2 atom stereocenters. The summed E-state index contributed by atoms with van der Waals surface area (Å²) in [5.74, 6) is 1.04. The Morgan fingerprint density at radius 3 is 2.53 bits per heavy atom. The molecule has 4 aliphatic rings. The molecule has 1 unspecified atom stereocenters. The van der Waals surface area contributed by atoms with Crippen molar-refractivity contribution >= 4 is 6.09 Å². The lowest BCUT2D eigenvalue weighted by Gasteiger charge is -2.44. The Morgan fingerprint density at radius 1 is 1.09 bits per heavy atom. The topological polar surface area (TPSA) is 41.6 Å². The Labute approximate surface area is 192 Å². The van der Waals surface area contributed by atoms with Gasteiger partial charge in [0.15, 0.2) is 0 Å². The number of rotatable bonds is 4. The van der Waals surface area contributed by atoms with Crippen molar-refractivity contribution in [2.24, 2.45) is 11.3 Å². The van der Waals surface area contributed by atoms with E-state index in [1.807, 2.05) is 0 Å². The van der Waals surface area contributed by atoms with E-state index in [0.717, 1.165) is 38.9 Å². The molecule has 1 aliphatic carbocycles. The van der Waals surface area contributed by atoms with Gasteiger partial charge in [-0.2, -0.15) is 0 Å². The summed E-state index contributed by atoms with van der Waals surface area (Å²) in [7, 11) is 0. The predicted octanol–water partition coefficient (Wildman–Crippen LogP) is 5.92. The van der Waals surface area contributed by atoms with Gasteiger partial charge >= 0.3 is 6.09 Å². The number of fused-ring (bicyclic) bond motifs is 4. The number of carbonyl (C=O) groups is 1. The molecule has 1 N–H and O–H groups in total. The number of ether oxygens (including phenoxy) is 1. The van der Waals surface area contributed by atoms with Gasteiger partial charge in [0.1, 0.15) is 6.10 Å². The average molecular weight is 433 g/mol. The molecule has 0 aromatic heterocycles. The predicted molar refractivity (Wildman–Crippen MR) is 129 cm³/mol. The maximum Gasteiger partial charge on any atom is 0.407 e. The zero-order valence-corrected chi connectivity index (χ0v) is 19.9. The molecule has 1 amide bonds. The van der Waals surface area contributed by atoms with Gasteiger partial charge in [0.2, 0.25) is 0 Å². The minimum Gasteiger partial charge on any atom is -0.445 e. The summed E-state index contributed by atoms with van der Waals surface area (Å²) in [4.78, 5) is 15.3. The van der Waals surface area contributed by atoms with Gasteiger partial charge in [-0.3, -0.25) is 4.90 Å². The van der Waals surface area contributed by atoms with Crippen LogP contribution in [0, 0.1) is 11.3 Å². The van der Waals surface area contributed by atoms with Gasteiger partial charge < -0.3 is 10.1 Å². The van der Waals surface area contributed by atoms with Crippen molar-refractivity contribution in [3.8, 4) is 11.1 Å². The Kier molecular flexibility index (Phi) is 5.53. The van der Waals surface area contributed by atoms with Crippen molar-refractivity contribution in [1.82, 2.24) is 10.2 Å². The highest BCUT2D eigenvalue weighted by Gasteiger charge is 2.42. The highest BCUT2D eigenvalue weighted by Crippen LogP contribution is 2.46. The first kappa shape index (κ1) is 21.5. The molecule has 3 aliphatic heterocycles. The normalized spacial score (nSPS) is 27.9. The molecule has 3 saturated heterocycles. The summed E-state index contributed by atoms with van der Waals surface area (Å²) in [6, 6.07) is 15.5. The molecular weight excluding hydrogens is 396 g/mol. The molecule has 170 valence electrons. The van der Waals surface area contributed by atoms with Crippen molar-refractivity contribution < 1.29 is 9.53 Å². The SMILES string of the molecule is CC(C)c1cccc(-c2ccc3c(c2)CC(C)(C)C3NC(=O)O[C@@H]2CN3CCC2CC3)c1. The first-order chi connectivity index (χ1) is 15.3. The third kappa shape index (κ3) is 4.05. The molecule has 0 spiro atoms. The molecule has 2 aromatic carbocycles. The standard InChI is InChI=1S/C28H36N2O2/c1-18(2)20-6-5-7-21(14-20)22-8-9-24-23(15-22)16-28(3,4)26(24)29-27(31)32-25-17-30-12-10-19(25)11-13-30/h5-9,14-15,18-19,25-26H,10-13,16-17H2,1-4H3,(H,29,31)/t25-,26?/m1/s1. The minimum atomic E-state index is -0.261. The van der Waals surface area contributed by atoms with Crippen LogP contribution in [0.2, 0.25) is 0 Å². The fraction of sp³-hybridized carbons (Fsp3) is 0.536. The molecule has 6 rings (SSSR count). The first-order valence-electron chi connectivity index (χ1n) is 12.2. The second-order valence-electron chi connectivity index (χ2n) is 11.0. The molecule has 4 heteroatoms. The number of benzene rings is 2. The molecule has 32 heavy (non-hydrogen) atoms. The summed E-state index contributed by atoms with van der Waals surface area (Å²) in [5.41, 5.74) is 6.38. The van der Waals surface area contributed by atoms with Crippen LogP contribution in [0.3, 0.4) is 0 Å². The quantitative estimate of drug-likeness (QED) is 0.652. The van der Waals surface area contributed by atoms with E-state index in [-0.39, 0.29) is 23.7 Å². The smallest absolute Gasteiger partial charge is 0.407 e. The van der Waals surface area contributed by atoms with E-state index in [2.05, 4.69) is 80.4 Å². The number of nitrogens with one attached hydrogen (secondary N) is 1. The highest BCUT2D eigenvalue weighted by molar-refractivity contribution is 5.70. The molecule has 0 radical (unpaired) electrons. The van der Waals surface area contributed by atoms with E-state index in [1.54, 1.807) is 0 Å². The van der Waals surface area contributed by atoms with E-state index < -0.39 is 0 Å². The third-order valence-corrected chi connectivity index (χ3v) is 7.88. The minimum absolute atomic E-state index is 0.0258. The molecule has 3 fully saturated rings. The van der Waals surface area contributed by atoms with Crippen LogP contribution in [0.1, 0.15) is 69.2 Å². The van der Waals surface area contributed by atoms with Crippen LogP contribution in [0.4, 0.5) is 4.79 Å². The van der Waals surface area contributed by atoms with Crippen LogP contribution in [0.15, 0.2) is 42.5 Å². The number of nitrogens with zero attached hydrogens (tertiary/aromatic N) is 1. The fourth-order valence-corrected chi connectivity index (χ4v) is 5.92. The van der Waals surface area contributed by atoms with Crippen LogP contribution >= 0.6 is 0 Å². The van der Waals surface area contributed by atoms with E-state index in [9.17, 15) is 4.79 Å². The zero-order valence-electron chi connectivity index (χ0n) is 19.9. The third-order valence-electron chi connectivity index (χ3n) is 7.88. The number of hydrogen-bond donors (Lipinski definition) is 1. The van der Waals surface area contributed by atoms with Gasteiger partial charge in [-0.05, 0) is 77.4 Å². The average Bonchev–Trinajstić information content (AvgIpc) is 3.03. The van der Waals surface area contributed by atoms with Crippen molar-refractivity contribution in [2.45, 2.75) is 65.0 Å². The number of alkyl carbamates (subject to hydrolysis) is 1. The highest BCUT2D eigenvalue weighted by atomic mass is 16.6. The number of hydrogen-bond acceptors (Lipinski definition) is 3. The lowest BCUT2D eigenvalue weighted by Crippen LogP contribution is -2.53. The maximum absolute atomic E-state index is 12.9. The summed E-state index contributed by atoms with van der Waals surface area (Å²) >= 11 is 0. The van der Waals surface area contributed by atoms with E-state index >= 15 is 0 Å². The first-order valence-corrected chi connectivity index (χ1v) is 12.2. The molecule has 3 heterocycles. The summed E-state index contributed by atoms with van der Waals surface area (Å²) < 4.78 is 5.93. The van der Waals surface area contributed by atoms with Crippen molar-refractivity contribution in [3.05, 3.63) is 59.2 Å². The largest absolute Gasteiger partial charge is 0.445 e. The van der Waals surface area contributed by atoms with Crippen LogP contribution in [0.25, 0.3) is 11.1 Å². The summed E-state index contributed by atoms with van der Waals surface area (Å²) in [5, 5.41) is 3.24. The van der Waals surface area contributed by atoms with Crippen molar-refractivity contribution in [1.29, 1.82) is 0 Å². The van der Waals surface area contributed by atoms with Gasteiger partial charge in [-0.1, -0.05) is 70.2 Å². The summed E-state index contributed by atoms with van der Waals surface area (Å²) in [6.07, 6.45) is 3.03.